The van der Waals surface area contributed by atoms with Gasteiger partial charge in [0, 0.05) is 5.69 Å². The van der Waals surface area contributed by atoms with E-state index in [-0.39, 0.29) is 0 Å². The third-order valence-electron chi connectivity index (χ3n) is 1.96. The molecule has 0 aliphatic carbocycles. The molecule has 0 saturated carbocycles. The molecule has 1 heterocycles. The van der Waals surface area contributed by atoms with Gasteiger partial charge in [0.25, 0.3) is 0 Å². The second-order valence-corrected chi connectivity index (χ2v) is 3.46. The number of hydrogen-bond donors (Lipinski definition) is 0. The van der Waals surface area contributed by atoms with Crippen molar-refractivity contribution in [3.8, 4) is 0 Å². The fraction of sp³-hybridized carbons (Fsp3) is 0.500. The van der Waals surface area contributed by atoms with Crippen molar-refractivity contribution in [2.24, 2.45) is 0 Å². The Kier molecular flexibility index (Phi) is 3.54. The number of aromatic nitrogens is 1. The normalized spacial score (nSPS) is 12.9. The van der Waals surface area contributed by atoms with E-state index in [1.165, 1.54) is 12.8 Å². The van der Waals surface area contributed by atoms with Crippen molar-refractivity contribution in [3.63, 3.8) is 0 Å². The largest absolute Gasteiger partial charge is 0.241 e. The molecule has 0 amide bonds. The van der Waals surface area contributed by atoms with Crippen molar-refractivity contribution in [2.75, 3.05) is 0 Å². The van der Waals surface area contributed by atoms with E-state index in [1.807, 2.05) is 18.2 Å². The smallest absolute Gasteiger partial charge is 0.129 e. The maximum Gasteiger partial charge on any atom is 0.129 e. The van der Waals surface area contributed by atoms with Crippen molar-refractivity contribution in [1.82, 2.24) is 4.98 Å². The molecule has 1 unspecified atom stereocenters. The average molecular weight is 184 g/mol. The Hall–Kier alpha value is -0.560. The van der Waals surface area contributed by atoms with Gasteiger partial charge in [-0.05, 0) is 24.5 Å². The first kappa shape index (κ1) is 9.53. The monoisotopic (exact) mass is 183 g/mol. The van der Waals surface area contributed by atoms with Crippen LogP contribution in [-0.2, 0) is 0 Å². The molecule has 0 bridgehead atoms. The van der Waals surface area contributed by atoms with E-state index in [2.05, 4.69) is 18.8 Å². The van der Waals surface area contributed by atoms with Gasteiger partial charge in [-0.2, -0.15) is 0 Å². The molecule has 0 fully saturated rings. The molecule has 0 aliphatic heterocycles. The zero-order valence-corrected chi connectivity index (χ0v) is 8.30. The van der Waals surface area contributed by atoms with E-state index < -0.39 is 0 Å². The van der Waals surface area contributed by atoms with Gasteiger partial charge in [0.1, 0.15) is 5.15 Å². The third-order valence-corrected chi connectivity index (χ3v) is 2.17. The van der Waals surface area contributed by atoms with E-state index in [0.717, 1.165) is 5.69 Å². The molecule has 1 nitrogen and oxygen atoms in total. The molecule has 0 saturated heterocycles. The predicted octanol–water partition coefficient (Wildman–Crippen LogP) is 3.64. The summed E-state index contributed by atoms with van der Waals surface area (Å²) in [6, 6.07) is 5.80. The van der Waals surface area contributed by atoms with Crippen LogP contribution in [0.15, 0.2) is 18.2 Å². The van der Waals surface area contributed by atoms with Crippen molar-refractivity contribution in [2.45, 2.75) is 32.6 Å². The molecule has 1 aromatic heterocycles. The van der Waals surface area contributed by atoms with Crippen LogP contribution in [0.25, 0.3) is 0 Å². The van der Waals surface area contributed by atoms with Crippen LogP contribution < -0.4 is 0 Å². The second-order valence-electron chi connectivity index (χ2n) is 3.07. The third kappa shape index (κ3) is 2.49. The summed E-state index contributed by atoms with van der Waals surface area (Å²) in [6.07, 6.45) is 2.36. The quantitative estimate of drug-likeness (QED) is 0.652. The van der Waals surface area contributed by atoms with Crippen molar-refractivity contribution in [1.29, 1.82) is 0 Å². The maximum atomic E-state index is 5.78. The fourth-order valence-electron chi connectivity index (χ4n) is 1.28. The molecule has 0 spiro atoms. The van der Waals surface area contributed by atoms with Crippen molar-refractivity contribution < 1.29 is 0 Å². The lowest BCUT2D eigenvalue weighted by molar-refractivity contribution is 0.647. The maximum absolute atomic E-state index is 5.78. The first-order valence-corrected chi connectivity index (χ1v) is 4.74. The minimum Gasteiger partial charge on any atom is -0.241 e. The molecular formula is C10H14ClN. The minimum atomic E-state index is 0.522. The lowest BCUT2D eigenvalue weighted by atomic mass is 10.0. The predicted molar refractivity (Wildman–Crippen MR) is 52.6 cm³/mol. The first-order chi connectivity index (χ1) is 5.74. The molecule has 66 valence electrons. The highest BCUT2D eigenvalue weighted by Gasteiger charge is 2.05. The standard InChI is InChI=1S/C10H14ClN/c1-3-5-8(2)9-6-4-7-10(11)12-9/h4,6-8H,3,5H2,1-2H3. The van der Waals surface area contributed by atoms with Gasteiger partial charge in [-0.15, -0.1) is 0 Å². The van der Waals surface area contributed by atoms with Crippen LogP contribution in [0.3, 0.4) is 0 Å². The fourth-order valence-corrected chi connectivity index (χ4v) is 1.45. The Morgan fingerprint density at radius 1 is 1.50 bits per heavy atom. The van der Waals surface area contributed by atoms with E-state index in [1.54, 1.807) is 0 Å². The molecule has 1 aromatic rings. The molecule has 0 aromatic carbocycles. The molecule has 0 N–H and O–H groups in total. The number of hydrogen-bond acceptors (Lipinski definition) is 1. The SMILES string of the molecule is CCCC(C)c1cccc(Cl)n1. The molecule has 0 radical (unpaired) electrons. The van der Waals surface area contributed by atoms with Crippen LogP contribution in [0, 0.1) is 0 Å². The first-order valence-electron chi connectivity index (χ1n) is 4.36. The van der Waals surface area contributed by atoms with Crippen molar-refractivity contribution in [3.05, 3.63) is 29.0 Å². The highest BCUT2D eigenvalue weighted by atomic mass is 35.5. The minimum absolute atomic E-state index is 0.522. The van der Waals surface area contributed by atoms with Crippen LogP contribution in [-0.4, -0.2) is 4.98 Å². The number of pyridine rings is 1. The van der Waals surface area contributed by atoms with Gasteiger partial charge in [0.2, 0.25) is 0 Å². The molecule has 1 atom stereocenters. The Morgan fingerprint density at radius 3 is 2.83 bits per heavy atom. The lowest BCUT2D eigenvalue weighted by Gasteiger charge is -2.08. The summed E-state index contributed by atoms with van der Waals surface area (Å²) < 4.78 is 0. The van der Waals surface area contributed by atoms with Gasteiger partial charge < -0.3 is 0 Å². The summed E-state index contributed by atoms with van der Waals surface area (Å²) in [4.78, 5) is 4.26. The summed E-state index contributed by atoms with van der Waals surface area (Å²) in [5.41, 5.74) is 1.10. The summed E-state index contributed by atoms with van der Waals surface area (Å²) >= 11 is 5.78. The number of halogens is 1. The van der Waals surface area contributed by atoms with E-state index in [0.29, 0.717) is 11.1 Å². The van der Waals surface area contributed by atoms with Crippen LogP contribution in [0.1, 0.15) is 38.3 Å². The topological polar surface area (TPSA) is 12.9 Å². The zero-order chi connectivity index (χ0) is 8.97. The summed E-state index contributed by atoms with van der Waals surface area (Å²) in [5, 5.41) is 0.593. The molecule has 2 heteroatoms. The molecule has 0 aliphatic rings. The molecule has 1 rings (SSSR count). The van der Waals surface area contributed by atoms with Gasteiger partial charge in [-0.3, -0.25) is 0 Å². The Labute approximate surface area is 78.8 Å². The highest BCUT2D eigenvalue weighted by Crippen LogP contribution is 2.19. The van der Waals surface area contributed by atoms with E-state index >= 15 is 0 Å². The van der Waals surface area contributed by atoms with Crippen molar-refractivity contribution >= 4 is 11.6 Å². The molecule has 12 heavy (non-hydrogen) atoms. The Bertz CT molecular complexity index is 247. The van der Waals surface area contributed by atoms with Crippen LogP contribution >= 0.6 is 11.6 Å². The summed E-state index contributed by atoms with van der Waals surface area (Å²) in [6.45, 7) is 4.36. The van der Waals surface area contributed by atoms with Crippen LogP contribution in [0.4, 0.5) is 0 Å². The summed E-state index contributed by atoms with van der Waals surface area (Å²) in [5.74, 6) is 0.522. The Balaban J connectivity index is 2.73. The van der Waals surface area contributed by atoms with Gasteiger partial charge in [-0.1, -0.05) is 37.9 Å². The summed E-state index contributed by atoms with van der Waals surface area (Å²) in [7, 11) is 0. The van der Waals surface area contributed by atoms with Gasteiger partial charge in [-0.25, -0.2) is 4.98 Å². The van der Waals surface area contributed by atoms with E-state index in [9.17, 15) is 0 Å². The average Bonchev–Trinajstić information content (AvgIpc) is 2.05. The van der Waals surface area contributed by atoms with Gasteiger partial charge in [0.05, 0.1) is 0 Å². The number of nitrogens with zero attached hydrogens (tertiary/aromatic N) is 1. The van der Waals surface area contributed by atoms with Crippen LogP contribution in [0.2, 0.25) is 5.15 Å². The second kappa shape index (κ2) is 4.46. The van der Waals surface area contributed by atoms with Gasteiger partial charge >= 0.3 is 0 Å². The lowest BCUT2D eigenvalue weighted by Crippen LogP contribution is -1.95. The highest BCUT2D eigenvalue weighted by molar-refractivity contribution is 6.29. The zero-order valence-electron chi connectivity index (χ0n) is 7.55. The van der Waals surface area contributed by atoms with E-state index in [4.69, 9.17) is 11.6 Å². The molecular weight excluding hydrogens is 170 g/mol. The van der Waals surface area contributed by atoms with Gasteiger partial charge in [0.15, 0.2) is 0 Å². The van der Waals surface area contributed by atoms with Crippen LogP contribution in [0.5, 0.6) is 0 Å². The number of rotatable bonds is 3. The Morgan fingerprint density at radius 2 is 2.25 bits per heavy atom.